The van der Waals surface area contributed by atoms with E-state index < -0.39 is 11.9 Å². The second-order valence-corrected chi connectivity index (χ2v) is 6.30. The topological polar surface area (TPSA) is 55.7 Å². The molecule has 7 heteroatoms. The van der Waals surface area contributed by atoms with Crippen molar-refractivity contribution in [1.29, 1.82) is 0 Å². The Morgan fingerprint density at radius 1 is 1.38 bits per heavy atom. The van der Waals surface area contributed by atoms with E-state index in [1.807, 2.05) is 0 Å². The van der Waals surface area contributed by atoms with Gasteiger partial charge in [-0.3, -0.25) is 0 Å². The first-order valence-corrected chi connectivity index (χ1v) is 8.48. The highest BCUT2D eigenvalue weighted by atomic mass is 79.9. The largest absolute Gasteiger partial charge is 0.488 e. The Kier molecular flexibility index (Phi) is 5.59. The Morgan fingerprint density at radius 2 is 2.05 bits per heavy atom. The Morgan fingerprint density at radius 3 is 2.57 bits per heavy atom. The van der Waals surface area contributed by atoms with E-state index in [9.17, 15) is 14.0 Å². The second-order valence-electron chi connectivity index (χ2n) is 4.69. The van der Waals surface area contributed by atoms with Crippen molar-refractivity contribution in [2.45, 2.75) is 37.8 Å². The normalized spacial score (nSPS) is 23.2. The molecule has 0 aromatic carbocycles. The van der Waals surface area contributed by atoms with Gasteiger partial charge in [-0.05, 0) is 47.9 Å². The van der Waals surface area contributed by atoms with Crippen LogP contribution in [0.25, 0.3) is 0 Å². The number of aliphatic imine (C=N–C) groups is 1. The van der Waals surface area contributed by atoms with Gasteiger partial charge in [0.05, 0.1) is 15.5 Å². The lowest BCUT2D eigenvalue weighted by Crippen LogP contribution is -2.22. The summed E-state index contributed by atoms with van der Waals surface area (Å²) in [5.74, 6) is 1.22. The molecule has 0 aromatic heterocycles. The summed E-state index contributed by atoms with van der Waals surface area (Å²) < 4.78 is 20.6. The maximum atomic E-state index is 14.3. The first-order chi connectivity index (χ1) is 10.1. The summed E-state index contributed by atoms with van der Waals surface area (Å²) in [4.78, 5) is 25.4. The van der Waals surface area contributed by atoms with Gasteiger partial charge in [-0.1, -0.05) is 0 Å². The summed E-state index contributed by atoms with van der Waals surface area (Å²) in [6, 6.07) is -1.32. The molecule has 0 amide bonds. The summed E-state index contributed by atoms with van der Waals surface area (Å²) in [6.07, 6.45) is 6.88. The minimum atomic E-state index is -1.32. The van der Waals surface area contributed by atoms with Gasteiger partial charge in [0.25, 0.3) is 0 Å². The van der Waals surface area contributed by atoms with Gasteiger partial charge >= 0.3 is 0 Å². The molecule has 0 bridgehead atoms. The van der Waals surface area contributed by atoms with Crippen molar-refractivity contribution < 1.29 is 18.7 Å². The van der Waals surface area contributed by atoms with E-state index in [0.29, 0.717) is 4.48 Å². The van der Waals surface area contributed by atoms with Gasteiger partial charge in [0.2, 0.25) is 6.08 Å². The maximum Gasteiger partial charge on any atom is 0.236 e. The van der Waals surface area contributed by atoms with Gasteiger partial charge in [0.15, 0.2) is 11.8 Å². The summed E-state index contributed by atoms with van der Waals surface area (Å²) in [6.45, 7) is 0. The number of allylic oxidation sites excluding steroid dienone is 1. The number of hydrogen-bond donors (Lipinski definition) is 0. The maximum absolute atomic E-state index is 14.3. The highest BCUT2D eigenvalue weighted by Crippen LogP contribution is 2.44. The zero-order chi connectivity index (χ0) is 15.4. The van der Waals surface area contributed by atoms with Crippen LogP contribution in [0.3, 0.4) is 0 Å². The van der Waals surface area contributed by atoms with E-state index in [1.54, 1.807) is 12.2 Å². The van der Waals surface area contributed by atoms with Crippen LogP contribution >= 0.6 is 27.7 Å². The fraction of sp³-hybridized carbons (Fsp3) is 0.500. The summed E-state index contributed by atoms with van der Waals surface area (Å²) in [7, 11) is 0. The average Bonchev–Trinajstić information content (AvgIpc) is 2.98. The molecule has 4 nitrogen and oxygen atoms in total. The van der Waals surface area contributed by atoms with Crippen molar-refractivity contribution in [1.82, 2.24) is 0 Å². The number of halogens is 2. The van der Waals surface area contributed by atoms with Crippen LogP contribution in [0.1, 0.15) is 25.7 Å². The summed E-state index contributed by atoms with van der Waals surface area (Å²) in [5, 5.41) is 0. The molecule has 0 aliphatic heterocycles. The molecule has 1 saturated carbocycles. The molecule has 1 atom stereocenters. The van der Waals surface area contributed by atoms with Crippen LogP contribution in [0.2, 0.25) is 0 Å². The first kappa shape index (κ1) is 16.2. The molecule has 0 radical (unpaired) electrons. The minimum absolute atomic E-state index is 0.0129. The smallest absolute Gasteiger partial charge is 0.236 e. The average molecular weight is 374 g/mol. The molecule has 0 N–H and O–H groups in total. The minimum Gasteiger partial charge on any atom is -0.488 e. The quantitative estimate of drug-likeness (QED) is 0.429. The zero-order valence-electron chi connectivity index (χ0n) is 11.3. The molecular weight excluding hydrogens is 361 g/mol. The van der Waals surface area contributed by atoms with Crippen molar-refractivity contribution in [2.24, 2.45) is 4.99 Å². The van der Waals surface area contributed by atoms with Crippen LogP contribution in [0.5, 0.6) is 0 Å². The Balaban J connectivity index is 2.48. The van der Waals surface area contributed by atoms with Crippen molar-refractivity contribution in [2.75, 3.05) is 6.26 Å². The number of isocyanates is 1. The molecule has 112 valence electrons. The predicted molar refractivity (Wildman–Crippen MR) is 82.1 cm³/mol. The highest BCUT2D eigenvalue weighted by molar-refractivity contribution is 9.12. The SMILES string of the molecule is CSC1=C(F)C(N=C=O)C(=C=O)C(OC2CCCC2)=C1Br. The number of carbonyl (C=O) groups excluding carboxylic acids is 2. The van der Waals surface area contributed by atoms with Crippen LogP contribution in [0.15, 0.2) is 31.5 Å². The highest BCUT2D eigenvalue weighted by Gasteiger charge is 2.36. The summed E-state index contributed by atoms with van der Waals surface area (Å²) in [5.41, 5.74) is -0.104. The fourth-order valence-electron chi connectivity index (χ4n) is 2.45. The number of thioether (sulfide) groups is 1. The third-order valence-electron chi connectivity index (χ3n) is 3.46. The van der Waals surface area contributed by atoms with E-state index in [2.05, 4.69) is 20.9 Å². The molecule has 1 unspecified atom stereocenters. The summed E-state index contributed by atoms with van der Waals surface area (Å²) >= 11 is 4.44. The van der Waals surface area contributed by atoms with Gasteiger partial charge in [-0.25, -0.2) is 14.0 Å². The molecule has 0 spiro atoms. The number of nitrogens with zero attached hydrogens (tertiary/aromatic N) is 1. The van der Waals surface area contributed by atoms with Gasteiger partial charge in [0.1, 0.15) is 17.3 Å². The molecule has 2 aliphatic carbocycles. The lowest BCUT2D eigenvalue weighted by atomic mass is 10.0. The van der Waals surface area contributed by atoms with Crippen LogP contribution in [0, 0.1) is 0 Å². The standard InChI is InChI=1S/C14H13BrFNO3S/c1-21-14-10(15)13(20-8-4-2-3-5-8)9(6-18)12(11(14)16)17-7-19/h8,12H,2-5H2,1H3. The van der Waals surface area contributed by atoms with Crippen molar-refractivity contribution in [3.8, 4) is 0 Å². The number of ether oxygens (including phenoxy) is 1. The van der Waals surface area contributed by atoms with Crippen LogP contribution in [0.4, 0.5) is 4.39 Å². The first-order valence-electron chi connectivity index (χ1n) is 6.46. The third kappa shape index (κ3) is 3.22. The van der Waals surface area contributed by atoms with E-state index >= 15 is 0 Å². The Bertz CT molecular complexity index is 597. The lowest BCUT2D eigenvalue weighted by molar-refractivity contribution is 0.125. The second kappa shape index (κ2) is 7.23. The predicted octanol–water partition coefficient (Wildman–Crippen LogP) is 3.57. The van der Waals surface area contributed by atoms with E-state index in [-0.39, 0.29) is 22.3 Å². The van der Waals surface area contributed by atoms with Gasteiger partial charge < -0.3 is 4.74 Å². The zero-order valence-corrected chi connectivity index (χ0v) is 13.7. The molecule has 1 fully saturated rings. The molecular formula is C14H13BrFNO3S. The fourth-order valence-corrected chi connectivity index (χ4v) is 4.01. The van der Waals surface area contributed by atoms with Crippen LogP contribution < -0.4 is 0 Å². The Hall–Kier alpha value is -1.13. The molecule has 0 saturated heterocycles. The molecule has 21 heavy (non-hydrogen) atoms. The third-order valence-corrected chi connectivity index (χ3v) is 5.28. The van der Waals surface area contributed by atoms with Gasteiger partial charge in [-0.15, -0.1) is 11.8 Å². The van der Waals surface area contributed by atoms with E-state index in [4.69, 9.17) is 4.74 Å². The molecule has 2 aliphatic rings. The monoisotopic (exact) mass is 373 g/mol. The molecule has 0 aromatic rings. The van der Waals surface area contributed by atoms with Crippen molar-refractivity contribution >= 4 is 39.7 Å². The molecule has 0 heterocycles. The van der Waals surface area contributed by atoms with Crippen molar-refractivity contribution in [3.63, 3.8) is 0 Å². The lowest BCUT2D eigenvalue weighted by Gasteiger charge is -2.25. The van der Waals surface area contributed by atoms with E-state index in [0.717, 1.165) is 37.4 Å². The number of rotatable bonds is 4. The van der Waals surface area contributed by atoms with Gasteiger partial charge in [0, 0.05) is 0 Å². The van der Waals surface area contributed by atoms with Crippen LogP contribution in [-0.2, 0) is 14.3 Å². The van der Waals surface area contributed by atoms with Crippen LogP contribution in [-0.4, -0.2) is 30.4 Å². The van der Waals surface area contributed by atoms with E-state index in [1.165, 1.54) is 6.08 Å². The molecule has 2 rings (SSSR count). The number of hydrogen-bond acceptors (Lipinski definition) is 5. The van der Waals surface area contributed by atoms with Gasteiger partial charge in [-0.2, -0.15) is 4.99 Å². The Labute approximate surface area is 134 Å². The van der Waals surface area contributed by atoms with Crippen molar-refractivity contribution in [3.05, 3.63) is 26.5 Å².